The fourth-order valence-corrected chi connectivity index (χ4v) is 1.79. The van der Waals surface area contributed by atoms with E-state index in [1.807, 2.05) is 12.3 Å². The predicted octanol–water partition coefficient (Wildman–Crippen LogP) is 0.889. The lowest BCUT2D eigenvalue weighted by Crippen LogP contribution is -2.41. The molecule has 0 aliphatic rings. The number of hydrogen-bond acceptors (Lipinski definition) is 5. The topological polar surface area (TPSA) is 103 Å². The molecule has 19 heavy (non-hydrogen) atoms. The SMILES string of the molecule is CSCC[C@H](NC(=O)c1ccc(C#N)cn1)C(=O)O. The van der Waals surface area contributed by atoms with E-state index in [4.69, 9.17) is 10.4 Å². The summed E-state index contributed by atoms with van der Waals surface area (Å²) >= 11 is 1.51. The number of carbonyl (C=O) groups is 2. The minimum Gasteiger partial charge on any atom is -0.480 e. The average Bonchev–Trinajstić information content (AvgIpc) is 2.43. The van der Waals surface area contributed by atoms with Crippen molar-refractivity contribution < 1.29 is 14.7 Å². The van der Waals surface area contributed by atoms with Crippen molar-refractivity contribution >= 4 is 23.6 Å². The molecule has 1 aromatic rings. The summed E-state index contributed by atoms with van der Waals surface area (Å²) in [6.07, 6.45) is 3.48. The van der Waals surface area contributed by atoms with E-state index < -0.39 is 17.9 Å². The van der Waals surface area contributed by atoms with Gasteiger partial charge in [-0.15, -0.1) is 0 Å². The number of pyridine rings is 1. The zero-order valence-electron chi connectivity index (χ0n) is 10.3. The molecule has 1 atom stereocenters. The first kappa shape index (κ1) is 15.0. The highest BCUT2D eigenvalue weighted by molar-refractivity contribution is 7.98. The smallest absolute Gasteiger partial charge is 0.326 e. The second-order valence-electron chi connectivity index (χ2n) is 3.69. The maximum absolute atomic E-state index is 11.8. The van der Waals surface area contributed by atoms with Gasteiger partial charge in [0.25, 0.3) is 5.91 Å². The summed E-state index contributed by atoms with van der Waals surface area (Å²) in [6, 6.07) is 3.80. The van der Waals surface area contributed by atoms with Crippen LogP contribution in [0, 0.1) is 11.3 Å². The number of nitriles is 1. The van der Waals surface area contributed by atoms with Gasteiger partial charge in [-0.2, -0.15) is 17.0 Å². The summed E-state index contributed by atoms with van der Waals surface area (Å²) in [5, 5.41) is 20.0. The maximum Gasteiger partial charge on any atom is 0.326 e. The van der Waals surface area contributed by atoms with Gasteiger partial charge in [0, 0.05) is 6.20 Å². The molecule has 0 fully saturated rings. The van der Waals surface area contributed by atoms with Crippen molar-refractivity contribution in [2.45, 2.75) is 12.5 Å². The number of nitrogens with zero attached hydrogens (tertiary/aromatic N) is 2. The van der Waals surface area contributed by atoms with Gasteiger partial charge in [-0.25, -0.2) is 9.78 Å². The number of amides is 1. The minimum atomic E-state index is -1.07. The summed E-state index contributed by atoms with van der Waals surface area (Å²) in [6.45, 7) is 0. The van der Waals surface area contributed by atoms with Crippen LogP contribution in [0.1, 0.15) is 22.5 Å². The third-order valence-electron chi connectivity index (χ3n) is 2.34. The first-order chi connectivity index (χ1) is 9.08. The summed E-state index contributed by atoms with van der Waals surface area (Å²) in [5.41, 5.74) is 0.433. The molecule has 6 nitrogen and oxygen atoms in total. The molecule has 7 heteroatoms. The molecule has 1 aromatic heterocycles. The summed E-state index contributed by atoms with van der Waals surface area (Å²) in [4.78, 5) is 26.6. The third-order valence-corrected chi connectivity index (χ3v) is 2.98. The Morgan fingerprint density at radius 1 is 1.58 bits per heavy atom. The van der Waals surface area contributed by atoms with Gasteiger partial charge in [0.2, 0.25) is 0 Å². The van der Waals surface area contributed by atoms with Crippen LogP contribution in [0.5, 0.6) is 0 Å². The van der Waals surface area contributed by atoms with Crippen LogP contribution in [0.2, 0.25) is 0 Å². The molecule has 0 aliphatic carbocycles. The van der Waals surface area contributed by atoms with E-state index in [-0.39, 0.29) is 5.69 Å². The highest BCUT2D eigenvalue weighted by Crippen LogP contribution is 2.03. The monoisotopic (exact) mass is 279 g/mol. The van der Waals surface area contributed by atoms with Crippen molar-refractivity contribution in [1.29, 1.82) is 5.26 Å². The van der Waals surface area contributed by atoms with Crippen LogP contribution in [-0.4, -0.2) is 40.0 Å². The Balaban J connectivity index is 2.70. The van der Waals surface area contributed by atoms with Gasteiger partial charge in [-0.3, -0.25) is 4.79 Å². The number of aliphatic carboxylic acids is 1. The van der Waals surface area contributed by atoms with Crippen molar-refractivity contribution in [3.05, 3.63) is 29.6 Å². The van der Waals surface area contributed by atoms with E-state index in [2.05, 4.69) is 10.3 Å². The normalized spacial score (nSPS) is 11.4. The Hall–Kier alpha value is -2.07. The largest absolute Gasteiger partial charge is 0.480 e. The number of hydrogen-bond donors (Lipinski definition) is 2. The molecule has 100 valence electrons. The van der Waals surface area contributed by atoms with Gasteiger partial charge in [-0.1, -0.05) is 0 Å². The standard InChI is InChI=1S/C12H13N3O3S/c1-19-5-4-10(12(17)18)15-11(16)9-3-2-8(6-13)7-14-9/h2-3,7,10H,4-5H2,1H3,(H,15,16)(H,17,18)/t10-/m0/s1. The van der Waals surface area contributed by atoms with Crippen molar-refractivity contribution in [2.75, 3.05) is 12.0 Å². The van der Waals surface area contributed by atoms with E-state index in [1.54, 1.807) is 0 Å². The van der Waals surface area contributed by atoms with Crippen molar-refractivity contribution in [3.8, 4) is 6.07 Å². The Kier molecular flexibility index (Phi) is 5.82. The summed E-state index contributed by atoms with van der Waals surface area (Å²) in [7, 11) is 0. The number of carbonyl (C=O) groups excluding carboxylic acids is 1. The van der Waals surface area contributed by atoms with Crippen LogP contribution >= 0.6 is 11.8 Å². The Morgan fingerprint density at radius 2 is 2.32 bits per heavy atom. The van der Waals surface area contributed by atoms with Crippen molar-refractivity contribution in [1.82, 2.24) is 10.3 Å². The van der Waals surface area contributed by atoms with Gasteiger partial charge in [0.05, 0.1) is 5.56 Å². The average molecular weight is 279 g/mol. The van der Waals surface area contributed by atoms with Crippen LogP contribution in [0.3, 0.4) is 0 Å². The lowest BCUT2D eigenvalue weighted by Gasteiger charge is -2.13. The minimum absolute atomic E-state index is 0.0920. The lowest BCUT2D eigenvalue weighted by atomic mass is 10.2. The summed E-state index contributed by atoms with van der Waals surface area (Å²) in [5.74, 6) is -0.994. The molecule has 0 aliphatic heterocycles. The molecule has 1 amide bonds. The molecular formula is C12H13N3O3S. The van der Waals surface area contributed by atoms with E-state index in [9.17, 15) is 9.59 Å². The first-order valence-corrected chi connectivity index (χ1v) is 6.86. The molecule has 0 radical (unpaired) electrons. The second-order valence-corrected chi connectivity index (χ2v) is 4.68. The zero-order valence-corrected chi connectivity index (χ0v) is 11.1. The molecule has 1 rings (SSSR count). The number of carboxylic acids is 1. The molecular weight excluding hydrogens is 266 g/mol. The second kappa shape index (κ2) is 7.38. The fraction of sp³-hybridized carbons (Fsp3) is 0.333. The van der Waals surface area contributed by atoms with Gasteiger partial charge in [0.1, 0.15) is 17.8 Å². The predicted molar refractivity (Wildman–Crippen MR) is 70.8 cm³/mol. The van der Waals surface area contributed by atoms with Gasteiger partial charge in [-0.05, 0) is 30.6 Å². The quantitative estimate of drug-likeness (QED) is 0.801. The maximum atomic E-state index is 11.8. The van der Waals surface area contributed by atoms with Crippen LogP contribution < -0.4 is 5.32 Å². The third kappa shape index (κ3) is 4.60. The van der Waals surface area contributed by atoms with Crippen LogP contribution in [0.25, 0.3) is 0 Å². The Morgan fingerprint density at radius 3 is 2.79 bits per heavy atom. The number of thioether (sulfide) groups is 1. The highest BCUT2D eigenvalue weighted by atomic mass is 32.2. The van der Waals surface area contributed by atoms with Gasteiger partial charge < -0.3 is 10.4 Å². The Bertz CT molecular complexity index is 496. The van der Waals surface area contributed by atoms with E-state index in [1.165, 1.54) is 30.1 Å². The fourth-order valence-electron chi connectivity index (χ4n) is 1.32. The molecule has 1 heterocycles. The first-order valence-electron chi connectivity index (χ1n) is 5.47. The van der Waals surface area contributed by atoms with Crippen molar-refractivity contribution in [3.63, 3.8) is 0 Å². The number of nitrogens with one attached hydrogen (secondary N) is 1. The van der Waals surface area contributed by atoms with Crippen LogP contribution in [0.15, 0.2) is 18.3 Å². The zero-order chi connectivity index (χ0) is 14.3. The molecule has 0 spiro atoms. The molecule has 0 bridgehead atoms. The molecule has 0 unspecified atom stereocenters. The number of carboxylic acid groups (broad SMARTS) is 1. The molecule has 2 N–H and O–H groups in total. The molecule has 0 saturated carbocycles. The Labute approximate surface area is 114 Å². The lowest BCUT2D eigenvalue weighted by molar-refractivity contribution is -0.139. The van der Waals surface area contributed by atoms with Gasteiger partial charge in [0.15, 0.2) is 0 Å². The number of aromatic nitrogens is 1. The molecule has 0 aromatic carbocycles. The molecule has 0 saturated heterocycles. The van der Waals surface area contributed by atoms with Gasteiger partial charge >= 0.3 is 5.97 Å². The van der Waals surface area contributed by atoms with E-state index >= 15 is 0 Å². The summed E-state index contributed by atoms with van der Waals surface area (Å²) < 4.78 is 0. The highest BCUT2D eigenvalue weighted by Gasteiger charge is 2.20. The van der Waals surface area contributed by atoms with Crippen LogP contribution in [-0.2, 0) is 4.79 Å². The van der Waals surface area contributed by atoms with Crippen LogP contribution in [0.4, 0.5) is 0 Å². The van der Waals surface area contributed by atoms with E-state index in [0.29, 0.717) is 17.7 Å². The van der Waals surface area contributed by atoms with E-state index in [0.717, 1.165) is 0 Å². The van der Waals surface area contributed by atoms with Crippen molar-refractivity contribution in [2.24, 2.45) is 0 Å². The number of rotatable bonds is 6.